The molecule has 0 aromatic heterocycles. The molecule has 0 aliphatic rings. The number of hydrogen-bond donors (Lipinski definition) is 2. The van der Waals surface area contributed by atoms with Gasteiger partial charge in [0.15, 0.2) is 0 Å². The van der Waals surface area contributed by atoms with Crippen LogP contribution in [0, 0.1) is 5.41 Å². The lowest BCUT2D eigenvalue weighted by atomic mass is 9.97. The Kier molecular flexibility index (Phi) is 8.34. The van der Waals surface area contributed by atoms with Crippen molar-refractivity contribution in [2.24, 2.45) is 5.41 Å². The Morgan fingerprint density at radius 2 is 1.70 bits per heavy atom. The minimum atomic E-state index is -1.05. The van der Waals surface area contributed by atoms with Crippen molar-refractivity contribution in [2.75, 3.05) is 5.75 Å². The molecule has 0 aliphatic carbocycles. The van der Waals surface area contributed by atoms with Crippen LogP contribution in [-0.4, -0.2) is 39.5 Å². The predicted octanol–water partition coefficient (Wildman–Crippen LogP) is 3.25. The second kappa shape index (κ2) is 9.78. The molecule has 0 saturated heterocycles. The highest BCUT2D eigenvalue weighted by Gasteiger charge is 2.33. The van der Waals surface area contributed by atoms with Gasteiger partial charge < -0.3 is 15.2 Å². The Morgan fingerprint density at radius 3 is 2.22 bits per heavy atom. The molecule has 0 spiro atoms. The monoisotopic (exact) mass is 395 g/mol. The first-order valence-electron chi connectivity index (χ1n) is 8.77. The highest BCUT2D eigenvalue weighted by atomic mass is 32.2. The van der Waals surface area contributed by atoms with Crippen molar-refractivity contribution in [3.63, 3.8) is 0 Å². The standard InChI is InChI=1S/C20H29NO5S/c1-19(2,3)21-17(24)15(11-16(22)23)27-13-20(4,5)18(25)26-12-14-9-7-6-8-10-14/h6-10,15H,11-13H2,1-5H3,(H,21,24)(H,22,23). The van der Waals surface area contributed by atoms with Crippen LogP contribution in [0.1, 0.15) is 46.6 Å². The molecule has 0 aliphatic heterocycles. The SMILES string of the molecule is CC(C)(C)NC(=O)C(CC(=O)O)SCC(C)(C)C(=O)OCc1ccccc1. The Bertz CT molecular complexity index is 652. The van der Waals surface area contributed by atoms with Gasteiger partial charge in [0.2, 0.25) is 5.91 Å². The highest BCUT2D eigenvalue weighted by molar-refractivity contribution is 8.00. The summed E-state index contributed by atoms with van der Waals surface area (Å²) < 4.78 is 5.38. The molecule has 1 unspecified atom stereocenters. The first-order valence-corrected chi connectivity index (χ1v) is 9.82. The number of esters is 1. The average molecular weight is 396 g/mol. The van der Waals surface area contributed by atoms with E-state index >= 15 is 0 Å². The summed E-state index contributed by atoms with van der Waals surface area (Å²) in [6.45, 7) is 9.13. The van der Waals surface area contributed by atoms with Crippen LogP contribution >= 0.6 is 11.8 Å². The Labute approximate surface area is 165 Å². The lowest BCUT2D eigenvalue weighted by molar-refractivity contribution is -0.154. The van der Waals surface area contributed by atoms with Crippen molar-refractivity contribution in [2.45, 2.75) is 58.4 Å². The van der Waals surface area contributed by atoms with E-state index in [-0.39, 0.29) is 30.7 Å². The van der Waals surface area contributed by atoms with Gasteiger partial charge in [0.1, 0.15) is 6.61 Å². The zero-order chi connectivity index (χ0) is 20.7. The minimum absolute atomic E-state index is 0.177. The second-order valence-corrected chi connectivity index (χ2v) is 9.27. The van der Waals surface area contributed by atoms with Gasteiger partial charge >= 0.3 is 11.9 Å². The fourth-order valence-electron chi connectivity index (χ4n) is 2.12. The molecule has 1 aromatic carbocycles. The van der Waals surface area contributed by atoms with Gasteiger partial charge in [-0.25, -0.2) is 0 Å². The quantitative estimate of drug-likeness (QED) is 0.624. The van der Waals surface area contributed by atoms with Gasteiger partial charge in [-0.3, -0.25) is 14.4 Å². The smallest absolute Gasteiger partial charge is 0.312 e. The number of thioether (sulfide) groups is 1. The Hall–Kier alpha value is -2.02. The van der Waals surface area contributed by atoms with E-state index < -0.39 is 22.2 Å². The molecular weight excluding hydrogens is 366 g/mol. The molecule has 1 atom stereocenters. The van der Waals surface area contributed by atoms with Crippen LogP contribution in [0.5, 0.6) is 0 Å². The molecule has 2 N–H and O–H groups in total. The van der Waals surface area contributed by atoms with Gasteiger partial charge in [-0.15, -0.1) is 11.8 Å². The zero-order valence-electron chi connectivity index (χ0n) is 16.6. The van der Waals surface area contributed by atoms with E-state index in [0.717, 1.165) is 17.3 Å². The van der Waals surface area contributed by atoms with E-state index in [1.807, 2.05) is 51.1 Å². The Balaban J connectivity index is 2.66. The first kappa shape index (κ1) is 23.0. The lowest BCUT2D eigenvalue weighted by Gasteiger charge is -2.27. The molecule has 1 aromatic rings. The molecule has 0 radical (unpaired) electrons. The summed E-state index contributed by atoms with van der Waals surface area (Å²) in [5.74, 6) is -1.51. The van der Waals surface area contributed by atoms with E-state index in [4.69, 9.17) is 9.84 Å². The van der Waals surface area contributed by atoms with Crippen LogP contribution < -0.4 is 5.32 Å². The van der Waals surface area contributed by atoms with Crippen molar-refractivity contribution < 1.29 is 24.2 Å². The zero-order valence-corrected chi connectivity index (χ0v) is 17.4. The van der Waals surface area contributed by atoms with Crippen molar-refractivity contribution in [1.82, 2.24) is 5.32 Å². The van der Waals surface area contributed by atoms with Gasteiger partial charge in [-0.05, 0) is 40.2 Å². The van der Waals surface area contributed by atoms with Crippen molar-refractivity contribution in [1.29, 1.82) is 0 Å². The topological polar surface area (TPSA) is 92.7 Å². The number of carboxylic acid groups (broad SMARTS) is 1. The van der Waals surface area contributed by atoms with E-state index in [9.17, 15) is 14.4 Å². The molecule has 27 heavy (non-hydrogen) atoms. The van der Waals surface area contributed by atoms with Crippen LogP contribution in [0.25, 0.3) is 0 Å². The maximum absolute atomic E-state index is 12.4. The summed E-state index contributed by atoms with van der Waals surface area (Å²) in [4.78, 5) is 35.9. The molecule has 0 heterocycles. The number of amides is 1. The summed E-state index contributed by atoms with van der Waals surface area (Å²) in [6, 6.07) is 9.36. The number of carboxylic acids is 1. The van der Waals surface area contributed by atoms with E-state index in [2.05, 4.69) is 5.32 Å². The summed E-state index contributed by atoms with van der Waals surface area (Å²) in [7, 11) is 0. The number of carbonyl (C=O) groups is 3. The summed E-state index contributed by atoms with van der Waals surface area (Å²) >= 11 is 1.16. The fourth-order valence-corrected chi connectivity index (χ4v) is 3.33. The van der Waals surface area contributed by atoms with Crippen LogP contribution in [-0.2, 0) is 25.7 Å². The number of hydrogen-bond acceptors (Lipinski definition) is 5. The van der Waals surface area contributed by atoms with Crippen LogP contribution in [0.2, 0.25) is 0 Å². The maximum Gasteiger partial charge on any atom is 0.312 e. The number of nitrogens with one attached hydrogen (secondary N) is 1. The maximum atomic E-state index is 12.4. The van der Waals surface area contributed by atoms with Crippen molar-refractivity contribution in [3.8, 4) is 0 Å². The normalized spacial score (nSPS) is 12.9. The van der Waals surface area contributed by atoms with Crippen LogP contribution in [0.15, 0.2) is 30.3 Å². The Morgan fingerprint density at radius 1 is 1.11 bits per heavy atom. The van der Waals surface area contributed by atoms with E-state index in [0.29, 0.717) is 0 Å². The molecule has 1 amide bonds. The second-order valence-electron chi connectivity index (χ2n) is 8.08. The highest BCUT2D eigenvalue weighted by Crippen LogP contribution is 2.28. The van der Waals surface area contributed by atoms with Crippen molar-refractivity contribution in [3.05, 3.63) is 35.9 Å². The summed E-state index contributed by atoms with van der Waals surface area (Å²) in [5, 5.41) is 11.1. The summed E-state index contributed by atoms with van der Waals surface area (Å²) in [5.41, 5.74) is -0.417. The number of ether oxygens (including phenoxy) is 1. The molecular formula is C20H29NO5S. The van der Waals surface area contributed by atoms with Gasteiger partial charge in [0.05, 0.1) is 17.1 Å². The van der Waals surface area contributed by atoms with Gasteiger partial charge in [0, 0.05) is 11.3 Å². The molecule has 1 rings (SSSR count). The third-order valence-electron chi connectivity index (χ3n) is 3.56. The number of rotatable bonds is 9. The van der Waals surface area contributed by atoms with Gasteiger partial charge in [-0.1, -0.05) is 30.3 Å². The van der Waals surface area contributed by atoms with Gasteiger partial charge in [0.25, 0.3) is 0 Å². The minimum Gasteiger partial charge on any atom is -0.481 e. The predicted molar refractivity (Wildman–Crippen MR) is 106 cm³/mol. The third kappa shape index (κ3) is 8.95. The van der Waals surface area contributed by atoms with E-state index in [1.54, 1.807) is 13.8 Å². The molecule has 150 valence electrons. The van der Waals surface area contributed by atoms with Crippen molar-refractivity contribution >= 4 is 29.6 Å². The summed E-state index contributed by atoms with van der Waals surface area (Å²) in [6.07, 6.45) is -0.304. The largest absolute Gasteiger partial charge is 0.481 e. The van der Waals surface area contributed by atoms with Gasteiger partial charge in [-0.2, -0.15) is 0 Å². The molecule has 0 bridgehead atoms. The lowest BCUT2D eigenvalue weighted by Crippen LogP contribution is -2.46. The number of benzene rings is 1. The van der Waals surface area contributed by atoms with Crippen LogP contribution in [0.3, 0.4) is 0 Å². The molecule has 0 saturated carbocycles. The molecule has 7 heteroatoms. The number of aliphatic carboxylic acids is 1. The fraction of sp³-hybridized carbons (Fsp3) is 0.550. The molecule has 0 fully saturated rings. The van der Waals surface area contributed by atoms with Crippen LogP contribution in [0.4, 0.5) is 0 Å². The first-order chi connectivity index (χ1) is 12.4. The number of carbonyl (C=O) groups excluding carboxylic acids is 2. The molecule has 6 nitrogen and oxygen atoms in total. The van der Waals surface area contributed by atoms with E-state index in [1.165, 1.54) is 0 Å². The average Bonchev–Trinajstić information content (AvgIpc) is 2.55. The third-order valence-corrected chi connectivity index (χ3v) is 5.23.